The molecule has 88 valence electrons. The van der Waals surface area contributed by atoms with Gasteiger partial charge >= 0.3 is 0 Å². The van der Waals surface area contributed by atoms with Gasteiger partial charge in [-0.15, -0.1) is 0 Å². The van der Waals surface area contributed by atoms with Crippen LogP contribution in [0.15, 0.2) is 24.3 Å². The van der Waals surface area contributed by atoms with Crippen LogP contribution in [0, 0.1) is 0 Å². The van der Waals surface area contributed by atoms with E-state index >= 15 is 0 Å². The maximum Gasteiger partial charge on any atom is 0.233 e. The molecule has 16 heavy (non-hydrogen) atoms. The molecule has 0 aliphatic heterocycles. The molecule has 0 fully saturated rings. The molecule has 1 aromatic carbocycles. The average Bonchev–Trinajstić information content (AvgIpc) is 2.30. The molecular weight excluding hydrogens is 204 g/mol. The van der Waals surface area contributed by atoms with Crippen molar-refractivity contribution in [1.82, 2.24) is 10.2 Å². The predicted octanol–water partition coefficient (Wildman–Crippen LogP) is 0.960. The van der Waals surface area contributed by atoms with Gasteiger partial charge in [0, 0.05) is 19.2 Å². The lowest BCUT2D eigenvalue weighted by Crippen LogP contribution is -2.35. The molecule has 0 aromatic heterocycles. The summed E-state index contributed by atoms with van der Waals surface area (Å²) in [6.45, 7) is 3.68. The van der Waals surface area contributed by atoms with E-state index in [0.29, 0.717) is 13.1 Å². The third-order valence-corrected chi connectivity index (χ3v) is 2.48. The number of rotatable bonds is 5. The lowest BCUT2D eigenvalue weighted by molar-refractivity contribution is -0.121. The summed E-state index contributed by atoms with van der Waals surface area (Å²) >= 11 is 0. The summed E-state index contributed by atoms with van der Waals surface area (Å²) in [5.74, 6) is 0.259. The smallest absolute Gasteiger partial charge is 0.233 e. The molecule has 1 amide bonds. The van der Waals surface area contributed by atoms with E-state index in [1.165, 1.54) is 0 Å². The Morgan fingerprint density at radius 2 is 2.12 bits per heavy atom. The van der Waals surface area contributed by atoms with E-state index < -0.39 is 0 Å². The van der Waals surface area contributed by atoms with Crippen LogP contribution in [-0.4, -0.2) is 36.1 Å². The molecule has 0 saturated carbocycles. The molecule has 0 aliphatic carbocycles. The van der Waals surface area contributed by atoms with Gasteiger partial charge in [-0.3, -0.25) is 9.69 Å². The highest BCUT2D eigenvalue weighted by molar-refractivity contribution is 5.77. The van der Waals surface area contributed by atoms with Crippen LogP contribution in [0.3, 0.4) is 0 Å². The summed E-state index contributed by atoms with van der Waals surface area (Å²) in [6.07, 6.45) is 0. The largest absolute Gasteiger partial charge is 0.508 e. The SMILES string of the molecule is CCN(CC(=O)NC)Cc1ccccc1O. The number of nitrogens with one attached hydrogen (secondary N) is 1. The normalized spacial score (nSPS) is 10.4. The number of amides is 1. The van der Waals surface area contributed by atoms with Crippen molar-refractivity contribution in [3.05, 3.63) is 29.8 Å². The Bertz CT molecular complexity index is 353. The third kappa shape index (κ3) is 3.55. The van der Waals surface area contributed by atoms with E-state index in [4.69, 9.17) is 0 Å². The van der Waals surface area contributed by atoms with Crippen molar-refractivity contribution in [1.29, 1.82) is 0 Å². The highest BCUT2D eigenvalue weighted by Crippen LogP contribution is 2.17. The number of phenols is 1. The number of benzene rings is 1. The van der Waals surface area contributed by atoms with Crippen molar-refractivity contribution in [3.8, 4) is 5.75 Å². The Kier molecular flexibility index (Phi) is 4.79. The molecular formula is C12H18N2O2. The molecule has 0 spiro atoms. The monoisotopic (exact) mass is 222 g/mol. The van der Waals surface area contributed by atoms with E-state index in [2.05, 4.69) is 5.32 Å². The van der Waals surface area contributed by atoms with Gasteiger partial charge in [-0.2, -0.15) is 0 Å². The highest BCUT2D eigenvalue weighted by atomic mass is 16.3. The van der Waals surface area contributed by atoms with Gasteiger partial charge in [0.1, 0.15) is 5.75 Å². The fourth-order valence-corrected chi connectivity index (χ4v) is 1.45. The Morgan fingerprint density at radius 1 is 1.44 bits per heavy atom. The van der Waals surface area contributed by atoms with Crippen LogP contribution in [0.25, 0.3) is 0 Å². The zero-order valence-corrected chi connectivity index (χ0v) is 9.73. The summed E-state index contributed by atoms with van der Waals surface area (Å²) in [5, 5.41) is 12.2. The molecule has 4 heteroatoms. The molecule has 0 unspecified atom stereocenters. The van der Waals surface area contributed by atoms with Crippen LogP contribution in [0.1, 0.15) is 12.5 Å². The van der Waals surface area contributed by atoms with E-state index in [-0.39, 0.29) is 11.7 Å². The first-order valence-electron chi connectivity index (χ1n) is 5.37. The van der Waals surface area contributed by atoms with E-state index in [1.807, 2.05) is 24.0 Å². The quantitative estimate of drug-likeness (QED) is 0.780. The van der Waals surface area contributed by atoms with Crippen LogP contribution in [0.5, 0.6) is 5.75 Å². The molecule has 0 saturated heterocycles. The minimum absolute atomic E-state index is 0.0164. The van der Waals surface area contributed by atoms with Gasteiger partial charge < -0.3 is 10.4 Å². The maximum atomic E-state index is 11.2. The number of phenolic OH excluding ortho intramolecular Hbond substituents is 1. The first-order chi connectivity index (χ1) is 7.67. The topological polar surface area (TPSA) is 52.6 Å². The van der Waals surface area contributed by atoms with Crippen molar-refractivity contribution >= 4 is 5.91 Å². The van der Waals surface area contributed by atoms with E-state index in [1.54, 1.807) is 19.2 Å². The van der Waals surface area contributed by atoms with Crippen molar-refractivity contribution in [2.24, 2.45) is 0 Å². The van der Waals surface area contributed by atoms with Crippen LogP contribution in [0.2, 0.25) is 0 Å². The molecule has 0 aliphatic rings. The summed E-state index contributed by atoms with van der Waals surface area (Å²) in [5.41, 5.74) is 0.841. The standard InChI is InChI=1S/C12H18N2O2/c1-3-14(9-12(16)13-2)8-10-6-4-5-7-11(10)15/h4-7,15H,3,8-9H2,1-2H3,(H,13,16). The third-order valence-electron chi connectivity index (χ3n) is 2.48. The molecule has 0 heterocycles. The zero-order chi connectivity index (χ0) is 12.0. The lowest BCUT2D eigenvalue weighted by Gasteiger charge is -2.19. The van der Waals surface area contributed by atoms with Gasteiger partial charge in [-0.25, -0.2) is 0 Å². The Morgan fingerprint density at radius 3 is 2.69 bits per heavy atom. The molecule has 1 rings (SSSR count). The number of para-hydroxylation sites is 1. The number of carbonyl (C=O) groups is 1. The van der Waals surface area contributed by atoms with Crippen LogP contribution in [-0.2, 0) is 11.3 Å². The number of carbonyl (C=O) groups excluding carboxylic acids is 1. The van der Waals surface area contributed by atoms with Crippen molar-refractivity contribution in [2.75, 3.05) is 20.1 Å². The zero-order valence-electron chi connectivity index (χ0n) is 9.73. The number of likely N-dealkylation sites (N-methyl/N-ethyl adjacent to an activating group) is 2. The molecule has 2 N–H and O–H groups in total. The van der Waals surface area contributed by atoms with E-state index in [9.17, 15) is 9.90 Å². The number of hydrogen-bond donors (Lipinski definition) is 2. The minimum atomic E-state index is -0.0164. The minimum Gasteiger partial charge on any atom is -0.508 e. The molecule has 0 bridgehead atoms. The first kappa shape index (κ1) is 12.5. The van der Waals surface area contributed by atoms with Gasteiger partial charge in [-0.1, -0.05) is 25.1 Å². The van der Waals surface area contributed by atoms with Crippen LogP contribution in [0.4, 0.5) is 0 Å². The van der Waals surface area contributed by atoms with E-state index in [0.717, 1.165) is 12.1 Å². The predicted molar refractivity (Wildman–Crippen MR) is 63.1 cm³/mol. The molecule has 1 aromatic rings. The van der Waals surface area contributed by atoms with Crippen LogP contribution < -0.4 is 5.32 Å². The van der Waals surface area contributed by atoms with Gasteiger partial charge in [0.15, 0.2) is 0 Å². The summed E-state index contributed by atoms with van der Waals surface area (Å²) in [7, 11) is 1.62. The highest BCUT2D eigenvalue weighted by Gasteiger charge is 2.09. The fraction of sp³-hybridized carbons (Fsp3) is 0.417. The molecule has 0 atom stereocenters. The number of hydrogen-bond acceptors (Lipinski definition) is 3. The number of aromatic hydroxyl groups is 1. The van der Waals surface area contributed by atoms with Gasteiger partial charge in [-0.05, 0) is 12.6 Å². The van der Waals surface area contributed by atoms with Crippen molar-refractivity contribution < 1.29 is 9.90 Å². The van der Waals surface area contributed by atoms with Gasteiger partial charge in [0.25, 0.3) is 0 Å². The number of nitrogens with zero attached hydrogens (tertiary/aromatic N) is 1. The second-order valence-corrected chi connectivity index (χ2v) is 3.61. The second kappa shape index (κ2) is 6.12. The van der Waals surface area contributed by atoms with Gasteiger partial charge in [0.2, 0.25) is 5.91 Å². The Balaban J connectivity index is 2.63. The average molecular weight is 222 g/mol. The summed E-state index contributed by atoms with van der Waals surface area (Å²) in [4.78, 5) is 13.2. The van der Waals surface area contributed by atoms with Crippen molar-refractivity contribution in [2.45, 2.75) is 13.5 Å². The first-order valence-corrected chi connectivity index (χ1v) is 5.37. The maximum absolute atomic E-state index is 11.2. The summed E-state index contributed by atoms with van der Waals surface area (Å²) < 4.78 is 0. The molecule has 0 radical (unpaired) electrons. The fourth-order valence-electron chi connectivity index (χ4n) is 1.45. The van der Waals surface area contributed by atoms with Crippen LogP contribution >= 0.6 is 0 Å². The van der Waals surface area contributed by atoms with Crippen molar-refractivity contribution in [3.63, 3.8) is 0 Å². The molecule has 4 nitrogen and oxygen atoms in total. The summed E-state index contributed by atoms with van der Waals surface area (Å²) in [6, 6.07) is 7.18. The second-order valence-electron chi connectivity index (χ2n) is 3.61. The lowest BCUT2D eigenvalue weighted by atomic mass is 10.2. The Labute approximate surface area is 95.9 Å². The van der Waals surface area contributed by atoms with Gasteiger partial charge in [0.05, 0.1) is 6.54 Å². The Hall–Kier alpha value is -1.55.